The standard InChI is InChI=1S/C23H25N5OS3/c1-13-7-8-16-18(11-13)31-21-19(16)22(25-14(2)24-21)32-23-27-26-20(17-6-4-10-30-17)28(23)12-15-5-3-9-29-15/h4,6,10,13,15H,3,5,7-9,11-12H2,1-2H3/t13-,15-/m0/s1. The molecule has 6 nitrogen and oxygen atoms in total. The van der Waals surface area contributed by atoms with Gasteiger partial charge >= 0.3 is 0 Å². The molecule has 4 aromatic rings. The number of nitrogens with zero attached hydrogens (tertiary/aromatic N) is 5. The third kappa shape index (κ3) is 3.79. The lowest BCUT2D eigenvalue weighted by molar-refractivity contribution is 0.0953. The Hall–Kier alpha value is -1.81. The minimum absolute atomic E-state index is 0.214. The summed E-state index contributed by atoms with van der Waals surface area (Å²) in [5.41, 5.74) is 1.45. The van der Waals surface area contributed by atoms with Crippen LogP contribution in [-0.4, -0.2) is 37.4 Å². The number of thiophene rings is 2. The smallest absolute Gasteiger partial charge is 0.197 e. The van der Waals surface area contributed by atoms with E-state index in [0.29, 0.717) is 0 Å². The normalized spacial score (nSPS) is 20.8. The first-order valence-corrected chi connectivity index (χ1v) is 13.7. The molecule has 0 saturated carbocycles. The summed E-state index contributed by atoms with van der Waals surface area (Å²) in [6.45, 7) is 5.95. The van der Waals surface area contributed by atoms with Crippen molar-refractivity contribution >= 4 is 44.7 Å². The zero-order valence-electron chi connectivity index (χ0n) is 18.2. The quantitative estimate of drug-likeness (QED) is 0.336. The second kappa shape index (κ2) is 8.52. The number of fused-ring (bicyclic) bond motifs is 3. The van der Waals surface area contributed by atoms with Crippen LogP contribution in [0, 0.1) is 12.8 Å². The molecule has 0 radical (unpaired) electrons. The third-order valence-corrected chi connectivity index (χ3v) is 9.28. The molecule has 2 atom stereocenters. The largest absolute Gasteiger partial charge is 0.376 e. The Morgan fingerprint density at radius 2 is 2.19 bits per heavy atom. The van der Waals surface area contributed by atoms with E-state index in [0.717, 1.165) is 76.3 Å². The van der Waals surface area contributed by atoms with Gasteiger partial charge in [0.05, 0.1) is 17.5 Å². The fourth-order valence-corrected chi connectivity index (χ4v) is 7.92. The van der Waals surface area contributed by atoms with Crippen LogP contribution >= 0.6 is 34.4 Å². The van der Waals surface area contributed by atoms with Gasteiger partial charge in [-0.05, 0) is 73.7 Å². The van der Waals surface area contributed by atoms with E-state index in [9.17, 15) is 0 Å². The Morgan fingerprint density at radius 1 is 1.25 bits per heavy atom. The van der Waals surface area contributed by atoms with Crippen molar-refractivity contribution in [3.05, 3.63) is 33.8 Å². The molecule has 4 aromatic heterocycles. The minimum Gasteiger partial charge on any atom is -0.376 e. The number of rotatable bonds is 5. The molecule has 0 bridgehead atoms. The lowest BCUT2D eigenvalue weighted by Crippen LogP contribution is -2.16. The summed E-state index contributed by atoms with van der Waals surface area (Å²) in [6, 6.07) is 4.17. The van der Waals surface area contributed by atoms with Crippen molar-refractivity contribution in [2.24, 2.45) is 5.92 Å². The van der Waals surface area contributed by atoms with Gasteiger partial charge < -0.3 is 4.74 Å². The number of ether oxygens (including phenoxy) is 1. The van der Waals surface area contributed by atoms with Crippen LogP contribution in [0.3, 0.4) is 0 Å². The van der Waals surface area contributed by atoms with Crippen LogP contribution in [0.25, 0.3) is 20.9 Å². The highest BCUT2D eigenvalue weighted by Crippen LogP contribution is 2.42. The van der Waals surface area contributed by atoms with Gasteiger partial charge in [-0.1, -0.05) is 13.0 Å². The van der Waals surface area contributed by atoms with Crippen LogP contribution in [0.2, 0.25) is 0 Å². The summed E-state index contributed by atoms with van der Waals surface area (Å²) in [5.74, 6) is 2.47. The molecule has 6 rings (SSSR count). The van der Waals surface area contributed by atoms with Crippen molar-refractivity contribution in [3.8, 4) is 10.7 Å². The molecular weight excluding hydrogens is 458 g/mol. The zero-order valence-corrected chi connectivity index (χ0v) is 20.7. The predicted octanol–water partition coefficient (Wildman–Crippen LogP) is 5.77. The molecule has 5 heterocycles. The maximum absolute atomic E-state index is 5.96. The van der Waals surface area contributed by atoms with Crippen LogP contribution in [0.1, 0.15) is 42.5 Å². The molecule has 0 aromatic carbocycles. The zero-order chi connectivity index (χ0) is 21.7. The topological polar surface area (TPSA) is 65.7 Å². The summed E-state index contributed by atoms with van der Waals surface area (Å²) in [6.07, 6.45) is 5.91. The molecular formula is C23H25N5OS3. The monoisotopic (exact) mass is 483 g/mol. The summed E-state index contributed by atoms with van der Waals surface area (Å²) in [4.78, 5) is 13.4. The van der Waals surface area contributed by atoms with E-state index < -0.39 is 0 Å². The van der Waals surface area contributed by atoms with Crippen molar-refractivity contribution in [1.82, 2.24) is 24.7 Å². The molecule has 2 aliphatic rings. The van der Waals surface area contributed by atoms with Gasteiger partial charge in [-0.25, -0.2) is 9.97 Å². The summed E-state index contributed by atoms with van der Waals surface area (Å²) in [5, 5.41) is 14.4. The molecule has 32 heavy (non-hydrogen) atoms. The third-order valence-electron chi connectivity index (χ3n) is 6.29. The first-order valence-electron chi connectivity index (χ1n) is 11.2. The van der Waals surface area contributed by atoms with Crippen molar-refractivity contribution < 1.29 is 4.74 Å². The molecule has 1 aliphatic heterocycles. The van der Waals surface area contributed by atoms with Crippen LogP contribution < -0.4 is 0 Å². The van der Waals surface area contributed by atoms with Gasteiger partial charge in [0.25, 0.3) is 0 Å². The number of aryl methyl sites for hydroxylation is 2. The number of hydrogen-bond acceptors (Lipinski definition) is 8. The van der Waals surface area contributed by atoms with Gasteiger partial charge in [-0.3, -0.25) is 4.57 Å². The second-order valence-corrected chi connectivity index (χ2v) is 11.7. The van der Waals surface area contributed by atoms with E-state index in [2.05, 4.69) is 39.2 Å². The molecule has 0 amide bonds. The van der Waals surface area contributed by atoms with Crippen LogP contribution in [-0.2, 0) is 24.1 Å². The molecule has 0 N–H and O–H groups in total. The van der Waals surface area contributed by atoms with Crippen molar-refractivity contribution in [2.75, 3.05) is 6.61 Å². The van der Waals surface area contributed by atoms with E-state index in [1.54, 1.807) is 23.1 Å². The van der Waals surface area contributed by atoms with Crippen LogP contribution in [0.15, 0.2) is 27.7 Å². The van der Waals surface area contributed by atoms with Crippen LogP contribution in [0.5, 0.6) is 0 Å². The summed E-state index contributed by atoms with van der Waals surface area (Å²) in [7, 11) is 0. The van der Waals surface area contributed by atoms with Gasteiger partial charge in [-0.15, -0.1) is 32.9 Å². The molecule has 0 unspecified atom stereocenters. The van der Waals surface area contributed by atoms with Crippen molar-refractivity contribution in [2.45, 2.75) is 68.8 Å². The van der Waals surface area contributed by atoms with E-state index in [-0.39, 0.29) is 6.10 Å². The maximum Gasteiger partial charge on any atom is 0.197 e. The van der Waals surface area contributed by atoms with E-state index in [1.165, 1.54) is 22.2 Å². The second-order valence-electron chi connectivity index (χ2n) is 8.74. The SMILES string of the molecule is Cc1nc(Sc2nnc(-c3cccs3)n2C[C@@H]2CCCO2)c2c3c(sc2n1)C[C@@H](C)CC3. The fraction of sp³-hybridized carbons (Fsp3) is 0.478. The number of aromatic nitrogens is 5. The highest BCUT2D eigenvalue weighted by atomic mass is 32.2. The highest BCUT2D eigenvalue weighted by molar-refractivity contribution is 7.99. The Balaban J connectivity index is 1.43. The maximum atomic E-state index is 5.96. The molecule has 9 heteroatoms. The van der Waals surface area contributed by atoms with E-state index >= 15 is 0 Å². The summed E-state index contributed by atoms with van der Waals surface area (Å²) >= 11 is 5.18. The Bertz CT molecular complexity index is 1260. The number of hydrogen-bond donors (Lipinski definition) is 0. The Kier molecular flexibility index (Phi) is 5.53. The fourth-order valence-electron chi connectivity index (χ4n) is 4.68. The van der Waals surface area contributed by atoms with Gasteiger partial charge in [-0.2, -0.15) is 0 Å². The minimum atomic E-state index is 0.214. The van der Waals surface area contributed by atoms with E-state index in [4.69, 9.17) is 14.7 Å². The molecule has 166 valence electrons. The molecule has 1 aliphatic carbocycles. The highest BCUT2D eigenvalue weighted by Gasteiger charge is 2.27. The Labute approximate surface area is 199 Å². The van der Waals surface area contributed by atoms with Gasteiger partial charge in [0.2, 0.25) is 0 Å². The molecule has 1 fully saturated rings. The molecule has 1 saturated heterocycles. The average Bonchev–Trinajstić information content (AvgIpc) is 3.55. The van der Waals surface area contributed by atoms with Crippen molar-refractivity contribution in [1.29, 1.82) is 0 Å². The summed E-state index contributed by atoms with van der Waals surface area (Å²) < 4.78 is 8.19. The first kappa shape index (κ1) is 20.8. The van der Waals surface area contributed by atoms with Gasteiger partial charge in [0.1, 0.15) is 15.7 Å². The predicted molar refractivity (Wildman–Crippen MR) is 130 cm³/mol. The van der Waals surface area contributed by atoms with Crippen LogP contribution in [0.4, 0.5) is 0 Å². The van der Waals surface area contributed by atoms with Crippen molar-refractivity contribution in [3.63, 3.8) is 0 Å². The lowest BCUT2D eigenvalue weighted by Gasteiger charge is -2.18. The average molecular weight is 484 g/mol. The van der Waals surface area contributed by atoms with Gasteiger partial charge in [0.15, 0.2) is 11.0 Å². The van der Waals surface area contributed by atoms with Gasteiger partial charge in [0, 0.05) is 16.9 Å². The first-order chi connectivity index (χ1) is 15.7. The Morgan fingerprint density at radius 3 is 3.00 bits per heavy atom. The lowest BCUT2D eigenvalue weighted by atomic mass is 9.89. The van der Waals surface area contributed by atoms with E-state index in [1.807, 2.05) is 18.3 Å². The molecule has 0 spiro atoms.